The van der Waals surface area contributed by atoms with Crippen molar-refractivity contribution in [2.45, 2.75) is 58.9 Å². The summed E-state index contributed by atoms with van der Waals surface area (Å²) in [5.74, 6) is 1.67. The zero-order valence-corrected chi connectivity index (χ0v) is 11.7. The number of hydrogen-bond acceptors (Lipinski definition) is 3. The lowest BCUT2D eigenvalue weighted by Gasteiger charge is -2.09. The molecule has 0 saturated heterocycles. The van der Waals surface area contributed by atoms with Crippen molar-refractivity contribution in [3.8, 4) is 0 Å². The molecule has 0 radical (unpaired) electrons. The topological polar surface area (TPSA) is 56.7 Å². The fraction of sp³-hybridized carbons (Fsp3) is 0.857. The molecule has 0 amide bonds. The van der Waals surface area contributed by atoms with E-state index in [1.165, 1.54) is 31.4 Å². The molecule has 0 atom stereocenters. The molecule has 1 saturated carbocycles. The average Bonchev–Trinajstić information content (AvgIpc) is 3.08. The lowest BCUT2D eigenvalue weighted by atomic mass is 10.0. The molecule has 102 valence electrons. The standard InChI is InChI=1S/C14H26N4/c1-11(2)3-6-14-13(7-9-15)16-17-18(14)10-8-12-4-5-12/h11-12H,3-10,15H2,1-2H3. The minimum Gasteiger partial charge on any atom is -0.330 e. The summed E-state index contributed by atoms with van der Waals surface area (Å²) >= 11 is 0. The first-order chi connectivity index (χ1) is 8.70. The fourth-order valence-corrected chi connectivity index (χ4v) is 2.29. The molecule has 1 fully saturated rings. The van der Waals surface area contributed by atoms with Gasteiger partial charge in [0.15, 0.2) is 0 Å². The first-order valence-electron chi connectivity index (χ1n) is 7.32. The van der Waals surface area contributed by atoms with Gasteiger partial charge >= 0.3 is 0 Å². The Morgan fingerprint density at radius 3 is 2.72 bits per heavy atom. The Kier molecular flexibility index (Phi) is 4.75. The number of rotatable bonds is 8. The maximum Gasteiger partial charge on any atom is 0.0871 e. The summed E-state index contributed by atoms with van der Waals surface area (Å²) in [6.45, 7) is 6.23. The predicted octanol–water partition coefficient (Wildman–Crippen LogP) is 2.17. The van der Waals surface area contributed by atoms with Crippen LogP contribution in [0.5, 0.6) is 0 Å². The first kappa shape index (κ1) is 13.5. The van der Waals surface area contributed by atoms with Crippen LogP contribution < -0.4 is 5.73 Å². The normalized spacial score (nSPS) is 15.6. The molecule has 0 unspecified atom stereocenters. The Labute approximate surface area is 110 Å². The van der Waals surface area contributed by atoms with E-state index in [0.29, 0.717) is 6.54 Å². The summed E-state index contributed by atoms with van der Waals surface area (Å²) in [5.41, 5.74) is 8.10. The number of hydrogen-bond donors (Lipinski definition) is 1. The van der Waals surface area contributed by atoms with Crippen LogP contribution in [0.3, 0.4) is 0 Å². The zero-order chi connectivity index (χ0) is 13.0. The van der Waals surface area contributed by atoms with Gasteiger partial charge in [-0.15, -0.1) is 5.10 Å². The third kappa shape index (κ3) is 3.80. The number of nitrogens with two attached hydrogens (primary N) is 1. The Morgan fingerprint density at radius 1 is 1.33 bits per heavy atom. The second-order valence-corrected chi connectivity index (χ2v) is 5.91. The number of nitrogens with zero attached hydrogens (tertiary/aromatic N) is 3. The highest BCUT2D eigenvalue weighted by atomic mass is 15.4. The molecule has 0 spiro atoms. The lowest BCUT2D eigenvalue weighted by molar-refractivity contribution is 0.496. The summed E-state index contributed by atoms with van der Waals surface area (Å²) in [7, 11) is 0. The van der Waals surface area contributed by atoms with Crippen LogP contribution in [0.25, 0.3) is 0 Å². The molecule has 4 heteroatoms. The quantitative estimate of drug-likeness (QED) is 0.769. The molecule has 1 aliphatic carbocycles. The van der Waals surface area contributed by atoms with Gasteiger partial charge in [-0.2, -0.15) is 0 Å². The summed E-state index contributed by atoms with van der Waals surface area (Å²) in [6, 6.07) is 0. The van der Waals surface area contributed by atoms with E-state index in [-0.39, 0.29) is 0 Å². The zero-order valence-electron chi connectivity index (χ0n) is 11.7. The lowest BCUT2D eigenvalue weighted by Crippen LogP contribution is -2.10. The van der Waals surface area contributed by atoms with Gasteiger partial charge in [-0.3, -0.25) is 0 Å². The van der Waals surface area contributed by atoms with Crippen LogP contribution in [0.2, 0.25) is 0 Å². The first-order valence-corrected chi connectivity index (χ1v) is 7.32. The molecule has 4 nitrogen and oxygen atoms in total. The van der Waals surface area contributed by atoms with Gasteiger partial charge < -0.3 is 5.73 Å². The van der Waals surface area contributed by atoms with E-state index < -0.39 is 0 Å². The van der Waals surface area contributed by atoms with Crippen molar-refractivity contribution in [3.63, 3.8) is 0 Å². The predicted molar refractivity (Wildman–Crippen MR) is 73.3 cm³/mol. The highest BCUT2D eigenvalue weighted by molar-refractivity contribution is 5.11. The molecule has 1 aromatic heterocycles. The molecule has 0 aliphatic heterocycles. The van der Waals surface area contributed by atoms with Gasteiger partial charge in [0.05, 0.1) is 11.4 Å². The van der Waals surface area contributed by atoms with E-state index in [4.69, 9.17) is 5.73 Å². The molecule has 0 bridgehead atoms. The molecule has 18 heavy (non-hydrogen) atoms. The van der Waals surface area contributed by atoms with Gasteiger partial charge in [0.25, 0.3) is 0 Å². The molecule has 0 aromatic carbocycles. The molecular weight excluding hydrogens is 224 g/mol. The second kappa shape index (κ2) is 6.32. The van der Waals surface area contributed by atoms with E-state index in [1.54, 1.807) is 0 Å². The minimum atomic E-state index is 0.663. The van der Waals surface area contributed by atoms with Crippen LogP contribution in [0.4, 0.5) is 0 Å². The van der Waals surface area contributed by atoms with E-state index in [9.17, 15) is 0 Å². The minimum absolute atomic E-state index is 0.663. The smallest absolute Gasteiger partial charge is 0.0871 e. The van der Waals surface area contributed by atoms with Crippen LogP contribution >= 0.6 is 0 Å². The third-order valence-electron chi connectivity index (χ3n) is 3.70. The van der Waals surface area contributed by atoms with Crippen molar-refractivity contribution in [1.29, 1.82) is 0 Å². The van der Waals surface area contributed by atoms with Gasteiger partial charge in [-0.25, -0.2) is 4.68 Å². The van der Waals surface area contributed by atoms with Gasteiger partial charge in [0.2, 0.25) is 0 Å². The van der Waals surface area contributed by atoms with Crippen LogP contribution in [0.1, 0.15) is 50.9 Å². The van der Waals surface area contributed by atoms with Gasteiger partial charge in [0.1, 0.15) is 0 Å². The largest absolute Gasteiger partial charge is 0.330 e. The van der Waals surface area contributed by atoms with E-state index in [1.807, 2.05) is 0 Å². The molecular formula is C14H26N4. The fourth-order valence-electron chi connectivity index (χ4n) is 2.29. The molecule has 1 heterocycles. The van der Waals surface area contributed by atoms with Crippen LogP contribution in [0.15, 0.2) is 0 Å². The highest BCUT2D eigenvalue weighted by Gasteiger charge is 2.22. The van der Waals surface area contributed by atoms with E-state index >= 15 is 0 Å². The summed E-state index contributed by atoms with van der Waals surface area (Å²) in [4.78, 5) is 0. The van der Waals surface area contributed by atoms with Crippen molar-refractivity contribution in [3.05, 3.63) is 11.4 Å². The van der Waals surface area contributed by atoms with E-state index in [2.05, 4.69) is 28.8 Å². The molecule has 2 rings (SSSR count). The summed E-state index contributed by atoms with van der Waals surface area (Å²) in [6.07, 6.45) is 7.23. The molecule has 2 N–H and O–H groups in total. The Morgan fingerprint density at radius 2 is 2.11 bits per heavy atom. The third-order valence-corrected chi connectivity index (χ3v) is 3.70. The van der Waals surface area contributed by atoms with Gasteiger partial charge in [-0.05, 0) is 37.6 Å². The van der Waals surface area contributed by atoms with Gasteiger partial charge in [-0.1, -0.05) is 31.9 Å². The SMILES string of the molecule is CC(C)CCc1c(CCN)nnn1CCC1CC1. The van der Waals surface area contributed by atoms with Gasteiger partial charge in [0, 0.05) is 13.0 Å². The Bertz CT molecular complexity index is 366. The van der Waals surface area contributed by atoms with Crippen molar-refractivity contribution in [2.24, 2.45) is 17.6 Å². The van der Waals surface area contributed by atoms with Crippen molar-refractivity contribution >= 4 is 0 Å². The van der Waals surface area contributed by atoms with Crippen molar-refractivity contribution < 1.29 is 0 Å². The van der Waals surface area contributed by atoms with Crippen LogP contribution in [-0.4, -0.2) is 21.5 Å². The number of aryl methyl sites for hydroxylation is 1. The maximum atomic E-state index is 5.65. The maximum absolute atomic E-state index is 5.65. The van der Waals surface area contributed by atoms with E-state index in [0.717, 1.165) is 36.9 Å². The Balaban J connectivity index is 2.00. The summed E-state index contributed by atoms with van der Waals surface area (Å²) < 4.78 is 2.13. The second-order valence-electron chi connectivity index (χ2n) is 5.91. The highest BCUT2D eigenvalue weighted by Crippen LogP contribution is 2.32. The average molecular weight is 250 g/mol. The van der Waals surface area contributed by atoms with Crippen molar-refractivity contribution in [1.82, 2.24) is 15.0 Å². The monoisotopic (exact) mass is 250 g/mol. The molecule has 1 aromatic rings. The van der Waals surface area contributed by atoms with Crippen molar-refractivity contribution in [2.75, 3.05) is 6.54 Å². The number of aromatic nitrogens is 3. The van der Waals surface area contributed by atoms with Crippen LogP contribution in [-0.2, 0) is 19.4 Å². The molecule has 1 aliphatic rings. The van der Waals surface area contributed by atoms with Crippen LogP contribution in [0, 0.1) is 11.8 Å². The summed E-state index contributed by atoms with van der Waals surface area (Å²) in [5, 5.41) is 8.64. The Hall–Kier alpha value is -0.900.